The molecule has 0 aromatic carbocycles. The van der Waals surface area contributed by atoms with Crippen molar-refractivity contribution in [2.24, 2.45) is 0 Å². The van der Waals surface area contributed by atoms with Crippen molar-refractivity contribution in [3.63, 3.8) is 0 Å². The van der Waals surface area contributed by atoms with Crippen molar-refractivity contribution in [1.82, 2.24) is 5.32 Å². The van der Waals surface area contributed by atoms with E-state index in [4.69, 9.17) is 5.11 Å². The van der Waals surface area contributed by atoms with Gasteiger partial charge in [0.05, 0.1) is 14.6 Å². The average molecular weight is 323 g/mol. The van der Waals surface area contributed by atoms with Crippen LogP contribution in [0.5, 0.6) is 0 Å². The second-order valence-corrected chi connectivity index (χ2v) is 6.24. The molecule has 1 aliphatic rings. The molecule has 2 rings (SSSR count). The number of hydrogen-bond donors (Lipinski definition) is 2. The Hall–Kier alpha value is -0.140. The van der Waals surface area contributed by atoms with E-state index in [1.807, 2.05) is 11.4 Å². The highest BCUT2D eigenvalue weighted by molar-refractivity contribution is 14.1. The van der Waals surface area contributed by atoms with Gasteiger partial charge in [0.15, 0.2) is 0 Å². The molecule has 1 heterocycles. The third kappa shape index (κ3) is 2.26. The molecule has 0 saturated heterocycles. The van der Waals surface area contributed by atoms with Crippen molar-refractivity contribution >= 4 is 39.8 Å². The quantitative estimate of drug-likeness (QED) is 0.813. The number of aliphatic hydroxyl groups excluding tert-OH is 1. The lowest BCUT2D eigenvalue weighted by Gasteiger charge is -2.31. The van der Waals surface area contributed by atoms with E-state index in [9.17, 15) is 4.79 Å². The Balaban J connectivity index is 1.90. The molecule has 1 aromatic rings. The summed E-state index contributed by atoms with van der Waals surface area (Å²) in [5.41, 5.74) is 0.723. The number of amides is 1. The third-order valence-electron chi connectivity index (χ3n) is 2.28. The molecule has 76 valence electrons. The Morgan fingerprint density at radius 3 is 2.86 bits per heavy atom. The summed E-state index contributed by atoms with van der Waals surface area (Å²) in [5.74, 6) is -0.0268. The van der Waals surface area contributed by atoms with Crippen LogP contribution in [-0.4, -0.2) is 23.2 Å². The van der Waals surface area contributed by atoms with Crippen LogP contribution in [-0.2, 0) is 0 Å². The second kappa shape index (κ2) is 4.16. The zero-order valence-corrected chi connectivity index (χ0v) is 10.3. The van der Waals surface area contributed by atoms with Gasteiger partial charge >= 0.3 is 0 Å². The molecule has 0 atom stereocenters. The molecule has 1 aromatic heterocycles. The molecule has 1 aliphatic carbocycles. The highest BCUT2D eigenvalue weighted by Crippen LogP contribution is 2.21. The number of carbonyl (C=O) groups excluding carboxylic acids is 1. The van der Waals surface area contributed by atoms with Crippen LogP contribution in [0, 0.1) is 2.88 Å². The summed E-state index contributed by atoms with van der Waals surface area (Å²) in [6.45, 7) is 0. The molecular formula is C9H10INO2S. The summed E-state index contributed by atoms with van der Waals surface area (Å²) >= 11 is 3.76. The molecule has 1 amide bonds. The lowest BCUT2D eigenvalue weighted by atomic mass is 9.89. The van der Waals surface area contributed by atoms with Gasteiger partial charge in [-0.25, -0.2) is 0 Å². The van der Waals surface area contributed by atoms with Gasteiger partial charge in [0, 0.05) is 11.4 Å². The fraction of sp³-hybridized carbons (Fsp3) is 0.444. The number of thiophene rings is 1. The van der Waals surface area contributed by atoms with Crippen LogP contribution in [0.3, 0.4) is 0 Å². The van der Waals surface area contributed by atoms with E-state index in [2.05, 4.69) is 27.9 Å². The van der Waals surface area contributed by atoms with Gasteiger partial charge in [-0.05, 0) is 41.5 Å². The molecule has 2 N–H and O–H groups in total. The van der Waals surface area contributed by atoms with Gasteiger partial charge in [-0.2, -0.15) is 0 Å². The molecule has 1 saturated carbocycles. The Morgan fingerprint density at radius 1 is 1.64 bits per heavy atom. The predicted molar refractivity (Wildman–Crippen MR) is 63.5 cm³/mol. The van der Waals surface area contributed by atoms with E-state index in [-0.39, 0.29) is 18.1 Å². The molecule has 0 bridgehead atoms. The van der Waals surface area contributed by atoms with E-state index < -0.39 is 0 Å². The van der Waals surface area contributed by atoms with Crippen molar-refractivity contribution in [1.29, 1.82) is 0 Å². The number of nitrogens with one attached hydrogen (secondary N) is 1. The van der Waals surface area contributed by atoms with Gasteiger partial charge in [0.2, 0.25) is 0 Å². The topological polar surface area (TPSA) is 49.3 Å². The molecule has 1 fully saturated rings. The smallest absolute Gasteiger partial charge is 0.252 e. The van der Waals surface area contributed by atoms with Crippen LogP contribution in [0.15, 0.2) is 11.4 Å². The molecule has 0 aliphatic heterocycles. The summed E-state index contributed by atoms with van der Waals surface area (Å²) in [5, 5.41) is 13.8. The monoisotopic (exact) mass is 323 g/mol. The number of aliphatic hydroxyl groups is 1. The van der Waals surface area contributed by atoms with Crippen LogP contribution in [0.1, 0.15) is 23.2 Å². The van der Waals surface area contributed by atoms with E-state index in [0.29, 0.717) is 12.8 Å². The summed E-state index contributed by atoms with van der Waals surface area (Å²) < 4.78 is 1.11. The lowest BCUT2D eigenvalue weighted by molar-refractivity contribution is 0.0563. The van der Waals surface area contributed by atoms with Crippen molar-refractivity contribution in [2.75, 3.05) is 0 Å². The number of rotatable bonds is 2. The third-order valence-corrected chi connectivity index (χ3v) is 4.07. The molecule has 0 spiro atoms. The molecule has 5 heteroatoms. The molecule has 14 heavy (non-hydrogen) atoms. The first-order valence-corrected chi connectivity index (χ1v) is 6.34. The molecule has 0 radical (unpaired) electrons. The SMILES string of the molecule is O=C(NC1CC(O)C1)c1csc(I)c1. The maximum atomic E-state index is 11.6. The van der Waals surface area contributed by atoms with Crippen LogP contribution in [0.4, 0.5) is 0 Å². The zero-order chi connectivity index (χ0) is 10.1. The predicted octanol–water partition coefficient (Wildman–Crippen LogP) is 1.61. The Labute approximate surface area is 99.7 Å². The molecular weight excluding hydrogens is 313 g/mol. The van der Waals surface area contributed by atoms with Gasteiger partial charge in [0.1, 0.15) is 0 Å². The van der Waals surface area contributed by atoms with Gasteiger partial charge in [-0.15, -0.1) is 11.3 Å². The Morgan fingerprint density at radius 2 is 2.36 bits per heavy atom. The average Bonchev–Trinajstić information content (AvgIpc) is 2.49. The standard InChI is InChI=1S/C9H10INO2S/c10-8-1-5(4-14-8)9(13)11-6-2-7(12)3-6/h1,4,6-7,12H,2-3H2,(H,11,13). The van der Waals surface area contributed by atoms with Crippen LogP contribution >= 0.6 is 33.9 Å². The summed E-state index contributed by atoms with van der Waals surface area (Å²) in [4.78, 5) is 11.6. The summed E-state index contributed by atoms with van der Waals surface area (Å²) in [6.07, 6.45) is 1.16. The second-order valence-electron chi connectivity index (χ2n) is 3.44. The van der Waals surface area contributed by atoms with Crippen LogP contribution in [0.2, 0.25) is 0 Å². The number of carbonyl (C=O) groups is 1. The first-order valence-electron chi connectivity index (χ1n) is 4.38. The van der Waals surface area contributed by atoms with E-state index >= 15 is 0 Å². The first-order chi connectivity index (χ1) is 6.65. The number of hydrogen-bond acceptors (Lipinski definition) is 3. The summed E-state index contributed by atoms with van der Waals surface area (Å²) in [7, 11) is 0. The fourth-order valence-corrected chi connectivity index (χ4v) is 2.73. The van der Waals surface area contributed by atoms with Gasteiger partial charge in [0.25, 0.3) is 5.91 Å². The van der Waals surface area contributed by atoms with Crippen molar-refractivity contribution < 1.29 is 9.90 Å². The van der Waals surface area contributed by atoms with E-state index in [1.54, 1.807) is 11.3 Å². The van der Waals surface area contributed by atoms with Gasteiger partial charge in [-0.1, -0.05) is 0 Å². The highest BCUT2D eigenvalue weighted by atomic mass is 127. The largest absolute Gasteiger partial charge is 0.393 e. The van der Waals surface area contributed by atoms with Crippen molar-refractivity contribution in [2.45, 2.75) is 25.0 Å². The van der Waals surface area contributed by atoms with E-state index in [1.165, 1.54) is 0 Å². The maximum Gasteiger partial charge on any atom is 0.252 e. The number of halogens is 1. The van der Waals surface area contributed by atoms with Crippen LogP contribution < -0.4 is 5.32 Å². The van der Waals surface area contributed by atoms with E-state index in [0.717, 1.165) is 8.45 Å². The first kappa shape index (κ1) is 10.4. The molecule has 0 unspecified atom stereocenters. The lowest BCUT2D eigenvalue weighted by Crippen LogP contribution is -2.46. The Kier molecular flexibility index (Phi) is 3.08. The van der Waals surface area contributed by atoms with Gasteiger partial charge < -0.3 is 10.4 Å². The zero-order valence-electron chi connectivity index (χ0n) is 7.37. The summed E-state index contributed by atoms with van der Waals surface area (Å²) in [6, 6.07) is 2.03. The van der Waals surface area contributed by atoms with Gasteiger partial charge in [-0.3, -0.25) is 4.79 Å². The minimum absolute atomic E-state index is 0.0268. The highest BCUT2D eigenvalue weighted by Gasteiger charge is 2.28. The maximum absolute atomic E-state index is 11.6. The normalized spacial score (nSPS) is 25.6. The minimum Gasteiger partial charge on any atom is -0.393 e. The van der Waals surface area contributed by atoms with Crippen molar-refractivity contribution in [3.8, 4) is 0 Å². The van der Waals surface area contributed by atoms with Crippen LogP contribution in [0.25, 0.3) is 0 Å². The molecule has 3 nitrogen and oxygen atoms in total. The van der Waals surface area contributed by atoms with Crippen molar-refractivity contribution in [3.05, 3.63) is 19.9 Å². The minimum atomic E-state index is -0.220. The fourth-order valence-electron chi connectivity index (χ4n) is 1.40. The Bertz CT molecular complexity index is 346.